The summed E-state index contributed by atoms with van der Waals surface area (Å²) in [5.74, 6) is 0.917. The monoisotopic (exact) mass is 375 g/mol. The van der Waals surface area contributed by atoms with Crippen LogP contribution in [0.3, 0.4) is 0 Å². The number of hydrogen-bond donors (Lipinski definition) is 1. The van der Waals surface area contributed by atoms with Gasteiger partial charge in [-0.15, -0.1) is 0 Å². The fraction of sp³-hybridized carbons (Fsp3) is 0.316. The van der Waals surface area contributed by atoms with E-state index >= 15 is 0 Å². The lowest BCUT2D eigenvalue weighted by Crippen LogP contribution is -2.21. The first kappa shape index (κ1) is 17.5. The van der Waals surface area contributed by atoms with E-state index in [-0.39, 0.29) is 12.5 Å². The molecule has 0 saturated heterocycles. The second kappa shape index (κ2) is 7.64. The van der Waals surface area contributed by atoms with Crippen molar-refractivity contribution in [3.05, 3.63) is 57.6 Å². The van der Waals surface area contributed by atoms with E-state index in [9.17, 15) is 4.79 Å². The van der Waals surface area contributed by atoms with Gasteiger partial charge >= 0.3 is 0 Å². The predicted molar refractivity (Wildman–Crippen MR) is 98.3 cm³/mol. The van der Waals surface area contributed by atoms with Crippen molar-refractivity contribution < 1.29 is 9.53 Å². The summed E-state index contributed by atoms with van der Waals surface area (Å²) in [6.07, 6.45) is 0. The van der Waals surface area contributed by atoms with Crippen LogP contribution < -0.4 is 10.1 Å². The summed E-state index contributed by atoms with van der Waals surface area (Å²) in [5.41, 5.74) is 4.14. The van der Waals surface area contributed by atoms with Crippen molar-refractivity contribution in [2.75, 3.05) is 11.9 Å². The lowest BCUT2D eigenvalue weighted by Gasteiger charge is -2.15. The molecule has 0 unspecified atom stereocenters. The molecule has 1 N–H and O–H groups in total. The molecule has 0 saturated carbocycles. The van der Waals surface area contributed by atoms with Crippen molar-refractivity contribution in [2.24, 2.45) is 0 Å². The molecule has 0 radical (unpaired) electrons. The number of carbonyl (C=O) groups is 1. The summed E-state index contributed by atoms with van der Waals surface area (Å²) in [7, 11) is 0. The Morgan fingerprint density at radius 1 is 1.22 bits per heavy atom. The zero-order valence-corrected chi connectivity index (χ0v) is 15.5. The zero-order valence-electron chi connectivity index (χ0n) is 13.9. The summed E-state index contributed by atoms with van der Waals surface area (Å²) in [6, 6.07) is 11.7. The van der Waals surface area contributed by atoms with Crippen LogP contribution in [0.15, 0.2) is 40.9 Å². The van der Waals surface area contributed by atoms with Crippen molar-refractivity contribution in [1.82, 2.24) is 0 Å². The number of nitrogens with one attached hydrogen (secondary N) is 1. The maximum atomic E-state index is 12.2. The Hall–Kier alpha value is -1.81. The van der Waals surface area contributed by atoms with Crippen molar-refractivity contribution in [3.8, 4) is 5.75 Å². The predicted octanol–water partition coefficient (Wildman–Crippen LogP) is 5.21. The Balaban J connectivity index is 2.04. The third-order valence-electron chi connectivity index (χ3n) is 3.83. The standard InChI is InChI=1S/C19H22BrNO2/c1-12(2)16-10-15(20)8-9-18(16)23-11-19(22)21-17-7-5-6-13(3)14(17)4/h5-10,12H,11H2,1-4H3,(H,21,22). The summed E-state index contributed by atoms with van der Waals surface area (Å²) >= 11 is 3.47. The van der Waals surface area contributed by atoms with Gasteiger partial charge in [0.25, 0.3) is 5.91 Å². The smallest absolute Gasteiger partial charge is 0.262 e. The number of amides is 1. The first-order valence-corrected chi connectivity index (χ1v) is 8.46. The van der Waals surface area contributed by atoms with Gasteiger partial charge in [0.15, 0.2) is 6.61 Å². The molecule has 0 aliphatic carbocycles. The Kier molecular flexibility index (Phi) is 5.83. The van der Waals surface area contributed by atoms with Crippen LogP contribution in [0.2, 0.25) is 0 Å². The second-order valence-corrected chi connectivity index (χ2v) is 6.84. The number of benzene rings is 2. The van der Waals surface area contributed by atoms with Gasteiger partial charge in [-0.25, -0.2) is 0 Å². The highest BCUT2D eigenvalue weighted by molar-refractivity contribution is 9.10. The van der Waals surface area contributed by atoms with Crippen LogP contribution in [0, 0.1) is 13.8 Å². The van der Waals surface area contributed by atoms with Crippen molar-refractivity contribution >= 4 is 27.5 Å². The van der Waals surface area contributed by atoms with Crippen LogP contribution in [0.1, 0.15) is 36.5 Å². The van der Waals surface area contributed by atoms with E-state index in [0.29, 0.717) is 5.92 Å². The van der Waals surface area contributed by atoms with Gasteiger partial charge in [0.05, 0.1) is 0 Å². The average Bonchev–Trinajstić information content (AvgIpc) is 2.50. The minimum Gasteiger partial charge on any atom is -0.483 e. The molecule has 2 aromatic carbocycles. The van der Waals surface area contributed by atoms with Crippen LogP contribution in [0.4, 0.5) is 5.69 Å². The van der Waals surface area contributed by atoms with Crippen LogP contribution in [-0.2, 0) is 4.79 Å². The minimum absolute atomic E-state index is 0.00522. The number of aryl methyl sites for hydroxylation is 1. The summed E-state index contributed by atoms with van der Waals surface area (Å²) in [6.45, 7) is 8.22. The molecule has 3 nitrogen and oxygen atoms in total. The molecule has 2 rings (SSSR count). The van der Waals surface area contributed by atoms with E-state index in [1.54, 1.807) is 0 Å². The fourth-order valence-electron chi connectivity index (χ4n) is 2.32. The van der Waals surface area contributed by atoms with E-state index < -0.39 is 0 Å². The van der Waals surface area contributed by atoms with Crippen LogP contribution >= 0.6 is 15.9 Å². The number of rotatable bonds is 5. The van der Waals surface area contributed by atoms with Gasteiger partial charge in [-0.1, -0.05) is 41.9 Å². The fourth-order valence-corrected chi connectivity index (χ4v) is 2.70. The van der Waals surface area contributed by atoms with E-state index in [4.69, 9.17) is 4.74 Å². The molecule has 0 fully saturated rings. The first-order chi connectivity index (χ1) is 10.9. The van der Waals surface area contributed by atoms with Crippen LogP contribution in [0.5, 0.6) is 5.75 Å². The minimum atomic E-state index is -0.156. The van der Waals surface area contributed by atoms with Crippen molar-refractivity contribution in [1.29, 1.82) is 0 Å². The maximum absolute atomic E-state index is 12.2. The third-order valence-corrected chi connectivity index (χ3v) is 4.32. The van der Waals surface area contributed by atoms with Crippen molar-refractivity contribution in [3.63, 3.8) is 0 Å². The van der Waals surface area contributed by atoms with Gasteiger partial charge in [0.1, 0.15) is 5.75 Å². The number of carbonyl (C=O) groups excluding carboxylic acids is 1. The van der Waals surface area contributed by atoms with Gasteiger partial charge in [0.2, 0.25) is 0 Å². The molecule has 0 aromatic heterocycles. The number of hydrogen-bond acceptors (Lipinski definition) is 2. The maximum Gasteiger partial charge on any atom is 0.262 e. The van der Waals surface area contributed by atoms with E-state index in [2.05, 4.69) is 35.1 Å². The molecular formula is C19H22BrNO2. The normalized spacial score (nSPS) is 10.7. The molecule has 0 spiro atoms. The lowest BCUT2D eigenvalue weighted by molar-refractivity contribution is -0.118. The molecule has 1 amide bonds. The topological polar surface area (TPSA) is 38.3 Å². The highest BCUT2D eigenvalue weighted by Crippen LogP contribution is 2.29. The SMILES string of the molecule is Cc1cccc(NC(=O)COc2ccc(Br)cc2C(C)C)c1C. The summed E-state index contributed by atoms with van der Waals surface area (Å²) in [5, 5.41) is 2.91. The van der Waals surface area contributed by atoms with E-state index in [1.807, 2.05) is 50.2 Å². The molecule has 0 bridgehead atoms. The Morgan fingerprint density at radius 3 is 2.65 bits per heavy atom. The quantitative estimate of drug-likeness (QED) is 0.778. The molecule has 23 heavy (non-hydrogen) atoms. The molecule has 0 aliphatic rings. The summed E-state index contributed by atoms with van der Waals surface area (Å²) in [4.78, 5) is 12.2. The average molecular weight is 376 g/mol. The van der Waals surface area contributed by atoms with E-state index in [1.165, 1.54) is 0 Å². The first-order valence-electron chi connectivity index (χ1n) is 7.66. The van der Waals surface area contributed by atoms with Gasteiger partial charge in [0, 0.05) is 10.2 Å². The largest absolute Gasteiger partial charge is 0.483 e. The highest BCUT2D eigenvalue weighted by Gasteiger charge is 2.11. The molecular weight excluding hydrogens is 354 g/mol. The van der Waals surface area contributed by atoms with Gasteiger partial charge in [-0.3, -0.25) is 4.79 Å². The zero-order chi connectivity index (χ0) is 17.0. The van der Waals surface area contributed by atoms with Gasteiger partial charge in [-0.2, -0.15) is 0 Å². The van der Waals surface area contributed by atoms with E-state index in [0.717, 1.165) is 32.6 Å². The summed E-state index contributed by atoms with van der Waals surface area (Å²) < 4.78 is 6.73. The molecule has 0 atom stereocenters. The van der Waals surface area contributed by atoms with Gasteiger partial charge in [-0.05, 0) is 60.7 Å². The molecule has 0 aliphatic heterocycles. The highest BCUT2D eigenvalue weighted by atomic mass is 79.9. The number of halogens is 1. The molecule has 122 valence electrons. The Labute approximate surface area is 146 Å². The van der Waals surface area contributed by atoms with Crippen LogP contribution in [0.25, 0.3) is 0 Å². The Bertz CT molecular complexity index is 711. The molecule has 0 heterocycles. The van der Waals surface area contributed by atoms with Gasteiger partial charge < -0.3 is 10.1 Å². The molecule has 4 heteroatoms. The lowest BCUT2D eigenvalue weighted by atomic mass is 10.0. The number of anilines is 1. The number of ether oxygens (including phenoxy) is 1. The third kappa shape index (κ3) is 4.58. The molecule has 2 aromatic rings. The second-order valence-electron chi connectivity index (χ2n) is 5.92. The van der Waals surface area contributed by atoms with Crippen LogP contribution in [-0.4, -0.2) is 12.5 Å². The Morgan fingerprint density at radius 2 is 1.96 bits per heavy atom. The van der Waals surface area contributed by atoms with Crippen molar-refractivity contribution in [2.45, 2.75) is 33.6 Å².